The largest absolute Gasteiger partial charge is 0.394 e. The predicted octanol–water partition coefficient (Wildman–Crippen LogP) is 2.06. The summed E-state index contributed by atoms with van der Waals surface area (Å²) in [5.74, 6) is 0.675. The highest BCUT2D eigenvalue weighted by Gasteiger charge is 2.34. The van der Waals surface area contributed by atoms with E-state index in [9.17, 15) is 5.11 Å². The molecule has 0 bridgehead atoms. The number of nitrogens with zero attached hydrogens (tertiary/aromatic N) is 3. The van der Waals surface area contributed by atoms with Crippen LogP contribution in [0.25, 0.3) is 0 Å². The van der Waals surface area contributed by atoms with Crippen LogP contribution in [-0.4, -0.2) is 32.2 Å². The van der Waals surface area contributed by atoms with E-state index in [1.54, 1.807) is 0 Å². The van der Waals surface area contributed by atoms with Gasteiger partial charge < -0.3 is 10.4 Å². The highest BCUT2D eigenvalue weighted by atomic mass is 16.3. The first-order chi connectivity index (χ1) is 9.35. The molecule has 0 radical (unpaired) electrons. The summed E-state index contributed by atoms with van der Waals surface area (Å²) in [6.07, 6.45) is 6.52. The SMILES string of the molecule is CC1CCCC(CO)(NCc2cn(C(C)(C)C)nn2)C1. The van der Waals surface area contributed by atoms with Gasteiger partial charge in [-0.2, -0.15) is 0 Å². The number of nitrogens with one attached hydrogen (secondary N) is 1. The van der Waals surface area contributed by atoms with E-state index in [0.717, 1.165) is 18.5 Å². The van der Waals surface area contributed by atoms with Gasteiger partial charge in [0.2, 0.25) is 0 Å². The highest BCUT2D eigenvalue weighted by Crippen LogP contribution is 2.32. The van der Waals surface area contributed by atoms with Crippen LogP contribution in [0.4, 0.5) is 0 Å². The van der Waals surface area contributed by atoms with Gasteiger partial charge in [-0.05, 0) is 39.5 Å². The number of rotatable bonds is 4. The van der Waals surface area contributed by atoms with Gasteiger partial charge in [0.15, 0.2) is 0 Å². The maximum atomic E-state index is 9.77. The van der Waals surface area contributed by atoms with Gasteiger partial charge >= 0.3 is 0 Å². The lowest BCUT2D eigenvalue weighted by atomic mass is 9.77. The molecule has 2 atom stereocenters. The number of hydrogen-bond donors (Lipinski definition) is 2. The van der Waals surface area contributed by atoms with Gasteiger partial charge in [0.25, 0.3) is 0 Å². The summed E-state index contributed by atoms with van der Waals surface area (Å²) in [7, 11) is 0. The molecule has 1 fully saturated rings. The molecule has 114 valence electrons. The Kier molecular flexibility index (Phi) is 4.49. The van der Waals surface area contributed by atoms with Crippen LogP contribution in [0.3, 0.4) is 0 Å². The summed E-state index contributed by atoms with van der Waals surface area (Å²) in [6, 6.07) is 0. The summed E-state index contributed by atoms with van der Waals surface area (Å²) < 4.78 is 1.89. The number of aliphatic hydroxyl groups is 1. The van der Waals surface area contributed by atoms with E-state index >= 15 is 0 Å². The zero-order valence-electron chi connectivity index (χ0n) is 13.2. The van der Waals surface area contributed by atoms with Crippen LogP contribution in [0.1, 0.15) is 59.1 Å². The molecule has 2 rings (SSSR count). The van der Waals surface area contributed by atoms with Crippen LogP contribution in [-0.2, 0) is 12.1 Å². The van der Waals surface area contributed by atoms with Crippen LogP contribution >= 0.6 is 0 Å². The molecule has 1 heterocycles. The van der Waals surface area contributed by atoms with Crippen LogP contribution in [0, 0.1) is 5.92 Å². The minimum atomic E-state index is -0.136. The smallest absolute Gasteiger partial charge is 0.0965 e. The van der Waals surface area contributed by atoms with Crippen LogP contribution in [0.2, 0.25) is 0 Å². The zero-order valence-corrected chi connectivity index (χ0v) is 13.2. The molecular weight excluding hydrogens is 252 g/mol. The third kappa shape index (κ3) is 3.58. The molecule has 0 amide bonds. The van der Waals surface area contributed by atoms with Crippen LogP contribution in [0.15, 0.2) is 6.20 Å². The molecule has 20 heavy (non-hydrogen) atoms. The van der Waals surface area contributed by atoms with Crippen molar-refractivity contribution in [1.29, 1.82) is 0 Å². The van der Waals surface area contributed by atoms with Crippen molar-refractivity contribution in [3.63, 3.8) is 0 Å². The van der Waals surface area contributed by atoms with Crippen molar-refractivity contribution in [2.75, 3.05) is 6.61 Å². The Morgan fingerprint density at radius 3 is 2.80 bits per heavy atom. The lowest BCUT2D eigenvalue weighted by Gasteiger charge is -2.39. The minimum Gasteiger partial charge on any atom is -0.394 e. The fourth-order valence-electron chi connectivity index (χ4n) is 3.01. The third-order valence-corrected chi connectivity index (χ3v) is 4.27. The molecule has 1 aliphatic carbocycles. The Balaban J connectivity index is 1.98. The predicted molar refractivity (Wildman–Crippen MR) is 79.3 cm³/mol. The molecule has 0 aliphatic heterocycles. The summed E-state index contributed by atoms with van der Waals surface area (Å²) in [4.78, 5) is 0. The van der Waals surface area contributed by atoms with Crippen LogP contribution < -0.4 is 5.32 Å². The zero-order chi connectivity index (χ0) is 14.8. The first-order valence-corrected chi connectivity index (χ1v) is 7.62. The second kappa shape index (κ2) is 5.82. The Morgan fingerprint density at radius 2 is 2.25 bits per heavy atom. The molecular formula is C15H28N4O. The molecule has 0 saturated heterocycles. The van der Waals surface area contributed by atoms with Crippen molar-refractivity contribution >= 4 is 0 Å². The normalized spacial score (nSPS) is 27.8. The third-order valence-electron chi connectivity index (χ3n) is 4.27. The molecule has 2 N–H and O–H groups in total. The Labute approximate surface area is 121 Å². The van der Waals surface area contributed by atoms with Crippen molar-refractivity contribution in [2.24, 2.45) is 5.92 Å². The van der Waals surface area contributed by atoms with E-state index in [1.165, 1.54) is 12.8 Å². The van der Waals surface area contributed by atoms with Crippen molar-refractivity contribution in [1.82, 2.24) is 20.3 Å². The van der Waals surface area contributed by atoms with E-state index in [0.29, 0.717) is 12.5 Å². The Morgan fingerprint density at radius 1 is 1.50 bits per heavy atom. The van der Waals surface area contributed by atoms with Gasteiger partial charge in [-0.15, -0.1) is 5.10 Å². The summed E-state index contributed by atoms with van der Waals surface area (Å²) in [6.45, 7) is 9.46. The van der Waals surface area contributed by atoms with Gasteiger partial charge in [-0.1, -0.05) is 25.0 Å². The summed E-state index contributed by atoms with van der Waals surface area (Å²) in [5, 5.41) is 21.7. The van der Waals surface area contributed by atoms with Crippen LogP contribution in [0.5, 0.6) is 0 Å². The fraction of sp³-hybridized carbons (Fsp3) is 0.867. The van der Waals surface area contributed by atoms with Gasteiger partial charge in [0, 0.05) is 12.1 Å². The van der Waals surface area contributed by atoms with E-state index in [2.05, 4.69) is 43.3 Å². The molecule has 1 aromatic heterocycles. The Hall–Kier alpha value is -0.940. The molecule has 5 nitrogen and oxygen atoms in total. The van der Waals surface area contributed by atoms with Gasteiger partial charge in [-0.25, -0.2) is 4.68 Å². The maximum Gasteiger partial charge on any atom is 0.0965 e. The number of hydrogen-bond acceptors (Lipinski definition) is 4. The van der Waals surface area contributed by atoms with Crippen molar-refractivity contribution < 1.29 is 5.11 Å². The average molecular weight is 280 g/mol. The highest BCUT2D eigenvalue weighted by molar-refractivity contribution is 4.99. The molecule has 1 aromatic rings. The quantitative estimate of drug-likeness (QED) is 0.886. The molecule has 1 aliphatic rings. The van der Waals surface area contributed by atoms with Gasteiger partial charge in [0.05, 0.1) is 24.0 Å². The molecule has 2 unspecified atom stereocenters. The second-order valence-corrected chi connectivity index (χ2v) is 7.32. The van der Waals surface area contributed by atoms with E-state index in [1.807, 2.05) is 10.9 Å². The number of aliphatic hydroxyl groups excluding tert-OH is 1. The Bertz CT molecular complexity index is 437. The van der Waals surface area contributed by atoms with Gasteiger partial charge in [-0.3, -0.25) is 0 Å². The van der Waals surface area contributed by atoms with Crippen molar-refractivity contribution in [3.8, 4) is 0 Å². The first kappa shape index (κ1) is 15.4. The van der Waals surface area contributed by atoms with Crippen molar-refractivity contribution in [2.45, 2.75) is 71.0 Å². The molecule has 5 heteroatoms. The average Bonchev–Trinajstić information content (AvgIpc) is 2.85. The lowest BCUT2D eigenvalue weighted by molar-refractivity contribution is 0.0979. The first-order valence-electron chi connectivity index (χ1n) is 7.62. The lowest BCUT2D eigenvalue weighted by Crippen LogP contribution is -2.51. The van der Waals surface area contributed by atoms with E-state index in [4.69, 9.17) is 0 Å². The topological polar surface area (TPSA) is 63.0 Å². The minimum absolute atomic E-state index is 0.0424. The molecule has 0 spiro atoms. The summed E-state index contributed by atoms with van der Waals surface area (Å²) >= 11 is 0. The second-order valence-electron chi connectivity index (χ2n) is 7.32. The standard InChI is InChI=1S/C15H28N4O/c1-12-6-5-7-15(8-12,11-20)16-9-13-10-19(18-17-13)14(2,3)4/h10,12,16,20H,5-9,11H2,1-4H3. The molecule has 1 saturated carbocycles. The van der Waals surface area contributed by atoms with E-state index in [-0.39, 0.29) is 17.7 Å². The van der Waals surface area contributed by atoms with E-state index < -0.39 is 0 Å². The summed E-state index contributed by atoms with van der Waals surface area (Å²) in [5.41, 5.74) is 0.758. The maximum absolute atomic E-state index is 9.77. The monoisotopic (exact) mass is 280 g/mol. The fourth-order valence-corrected chi connectivity index (χ4v) is 3.01. The molecule has 0 aromatic carbocycles. The van der Waals surface area contributed by atoms with Gasteiger partial charge in [0.1, 0.15) is 0 Å². The van der Waals surface area contributed by atoms with Crippen molar-refractivity contribution in [3.05, 3.63) is 11.9 Å². The number of aromatic nitrogens is 3.